The Bertz CT molecular complexity index is 637. The third kappa shape index (κ3) is 14.3. The lowest BCUT2D eigenvalue weighted by molar-refractivity contribution is -0.141. The number of carbonyl (C=O) groups is 2. The molecule has 0 radical (unpaired) electrons. The molecular weight excluding hydrogens is 411 g/mol. The normalized spacial score (nSPS) is 11.3. The van der Waals surface area contributed by atoms with Crippen molar-refractivity contribution in [2.24, 2.45) is 0 Å². The van der Waals surface area contributed by atoms with Gasteiger partial charge in [0.1, 0.15) is 5.69 Å². The number of nitrogens with zero attached hydrogens (tertiary/aromatic N) is 1. The van der Waals surface area contributed by atoms with Crippen LogP contribution < -0.4 is 10.6 Å². The molecule has 1 rings (SSSR count). The molecule has 1 aromatic heterocycles. The standard InChI is InChI=1S/C22H34F3N3O3/c23-22(24,25)19-14-13-18(16-27-19)17-28-21(31)26-15-11-9-7-5-3-1-2-4-6-8-10-12-20(29)30/h13-14,16H,1-12,15,17H2,(H,29,30)(H2,26,28,31). The lowest BCUT2D eigenvalue weighted by Crippen LogP contribution is -2.35. The van der Waals surface area contributed by atoms with Crippen LogP contribution in [-0.2, 0) is 17.5 Å². The van der Waals surface area contributed by atoms with E-state index in [0.29, 0.717) is 12.1 Å². The van der Waals surface area contributed by atoms with Crippen LogP contribution in [0.1, 0.15) is 88.3 Å². The van der Waals surface area contributed by atoms with Crippen molar-refractivity contribution in [3.63, 3.8) is 0 Å². The minimum Gasteiger partial charge on any atom is -0.481 e. The minimum atomic E-state index is -4.46. The van der Waals surface area contributed by atoms with E-state index < -0.39 is 17.8 Å². The fourth-order valence-electron chi connectivity index (χ4n) is 3.14. The van der Waals surface area contributed by atoms with Gasteiger partial charge in [-0.05, 0) is 24.5 Å². The van der Waals surface area contributed by atoms with Crippen LogP contribution in [0, 0.1) is 0 Å². The van der Waals surface area contributed by atoms with Gasteiger partial charge in [-0.2, -0.15) is 13.2 Å². The fraction of sp³-hybridized carbons (Fsp3) is 0.682. The van der Waals surface area contributed by atoms with Crippen LogP contribution in [0.15, 0.2) is 18.3 Å². The van der Waals surface area contributed by atoms with Crippen molar-refractivity contribution in [1.29, 1.82) is 0 Å². The largest absolute Gasteiger partial charge is 0.481 e. The minimum absolute atomic E-state index is 0.122. The van der Waals surface area contributed by atoms with Gasteiger partial charge in [-0.15, -0.1) is 0 Å². The molecule has 31 heavy (non-hydrogen) atoms. The maximum atomic E-state index is 12.5. The van der Waals surface area contributed by atoms with E-state index in [0.717, 1.165) is 50.8 Å². The van der Waals surface area contributed by atoms with Crippen molar-refractivity contribution in [2.75, 3.05) is 6.54 Å². The van der Waals surface area contributed by atoms with E-state index in [-0.39, 0.29) is 19.0 Å². The molecule has 0 fully saturated rings. The van der Waals surface area contributed by atoms with Crippen molar-refractivity contribution in [1.82, 2.24) is 15.6 Å². The van der Waals surface area contributed by atoms with Crippen molar-refractivity contribution < 1.29 is 27.9 Å². The molecule has 0 aliphatic heterocycles. The molecular formula is C22H34F3N3O3. The number of pyridine rings is 1. The van der Waals surface area contributed by atoms with Gasteiger partial charge in [0.25, 0.3) is 0 Å². The number of aliphatic carboxylic acids is 1. The van der Waals surface area contributed by atoms with Crippen LogP contribution in [0.5, 0.6) is 0 Å². The van der Waals surface area contributed by atoms with Crippen molar-refractivity contribution in [3.05, 3.63) is 29.6 Å². The number of rotatable bonds is 16. The summed E-state index contributed by atoms with van der Waals surface area (Å²) in [4.78, 5) is 25.5. The number of carboxylic acids is 1. The molecule has 1 aromatic rings. The van der Waals surface area contributed by atoms with Crippen LogP contribution in [0.3, 0.4) is 0 Å². The number of carboxylic acid groups (broad SMARTS) is 1. The topological polar surface area (TPSA) is 91.3 Å². The Morgan fingerprint density at radius 2 is 1.39 bits per heavy atom. The zero-order valence-electron chi connectivity index (χ0n) is 18.0. The molecule has 0 spiro atoms. The number of hydrogen-bond acceptors (Lipinski definition) is 3. The molecule has 1 heterocycles. The molecule has 176 valence electrons. The summed E-state index contributed by atoms with van der Waals surface area (Å²) in [5.41, 5.74) is -0.447. The lowest BCUT2D eigenvalue weighted by Gasteiger charge is -2.09. The maximum Gasteiger partial charge on any atom is 0.433 e. The lowest BCUT2D eigenvalue weighted by atomic mass is 10.1. The highest BCUT2D eigenvalue weighted by atomic mass is 19.4. The van der Waals surface area contributed by atoms with E-state index in [1.54, 1.807) is 0 Å². The van der Waals surface area contributed by atoms with E-state index in [2.05, 4.69) is 15.6 Å². The molecule has 0 unspecified atom stereocenters. The number of carbonyl (C=O) groups excluding carboxylic acids is 1. The van der Waals surface area contributed by atoms with Gasteiger partial charge in [-0.25, -0.2) is 4.79 Å². The van der Waals surface area contributed by atoms with E-state index in [4.69, 9.17) is 5.11 Å². The molecule has 0 atom stereocenters. The molecule has 6 nitrogen and oxygen atoms in total. The van der Waals surface area contributed by atoms with Crippen LogP contribution >= 0.6 is 0 Å². The van der Waals surface area contributed by atoms with Crippen LogP contribution in [0.4, 0.5) is 18.0 Å². The third-order valence-electron chi connectivity index (χ3n) is 4.92. The highest BCUT2D eigenvalue weighted by molar-refractivity contribution is 5.73. The van der Waals surface area contributed by atoms with Gasteiger partial charge in [-0.1, -0.05) is 63.9 Å². The van der Waals surface area contributed by atoms with E-state index in [9.17, 15) is 22.8 Å². The predicted molar refractivity (Wildman–Crippen MR) is 113 cm³/mol. The number of hydrogen-bond donors (Lipinski definition) is 3. The summed E-state index contributed by atoms with van der Waals surface area (Å²) in [6, 6.07) is 1.86. The summed E-state index contributed by atoms with van der Waals surface area (Å²) in [6.07, 6.45) is 8.79. The average molecular weight is 446 g/mol. The van der Waals surface area contributed by atoms with Crippen molar-refractivity contribution in [3.8, 4) is 0 Å². The third-order valence-corrected chi connectivity index (χ3v) is 4.92. The van der Waals surface area contributed by atoms with Gasteiger partial charge in [0, 0.05) is 25.7 Å². The molecule has 0 aliphatic carbocycles. The number of halogens is 3. The highest BCUT2D eigenvalue weighted by Crippen LogP contribution is 2.27. The van der Waals surface area contributed by atoms with Gasteiger partial charge < -0.3 is 15.7 Å². The Hall–Kier alpha value is -2.32. The number of amides is 2. The Labute approximate surface area is 182 Å². The first-order chi connectivity index (χ1) is 14.8. The first-order valence-electron chi connectivity index (χ1n) is 11.0. The first-order valence-corrected chi connectivity index (χ1v) is 11.0. The van der Waals surface area contributed by atoms with Crippen molar-refractivity contribution in [2.45, 2.75) is 89.8 Å². The van der Waals surface area contributed by atoms with Crippen molar-refractivity contribution >= 4 is 12.0 Å². The Morgan fingerprint density at radius 1 is 0.839 bits per heavy atom. The summed E-state index contributed by atoms with van der Waals surface area (Å²) in [7, 11) is 0. The summed E-state index contributed by atoms with van der Waals surface area (Å²) in [5.74, 6) is -0.716. The number of alkyl halides is 3. The number of urea groups is 1. The zero-order valence-corrected chi connectivity index (χ0v) is 18.0. The summed E-state index contributed by atoms with van der Waals surface area (Å²) >= 11 is 0. The molecule has 0 saturated heterocycles. The van der Waals surface area contributed by atoms with E-state index >= 15 is 0 Å². The second-order valence-electron chi connectivity index (χ2n) is 7.69. The van der Waals surface area contributed by atoms with Gasteiger partial charge in [0.05, 0.1) is 0 Å². The fourth-order valence-corrected chi connectivity index (χ4v) is 3.14. The van der Waals surface area contributed by atoms with Gasteiger partial charge in [0.15, 0.2) is 0 Å². The molecule has 3 N–H and O–H groups in total. The monoisotopic (exact) mass is 445 g/mol. The van der Waals surface area contributed by atoms with Crippen LogP contribution in [0.25, 0.3) is 0 Å². The smallest absolute Gasteiger partial charge is 0.433 e. The SMILES string of the molecule is O=C(O)CCCCCCCCCCCCCNC(=O)NCc1ccc(C(F)(F)F)nc1. The molecule has 0 aromatic carbocycles. The molecule has 9 heteroatoms. The van der Waals surface area contributed by atoms with Gasteiger partial charge in [0.2, 0.25) is 0 Å². The van der Waals surface area contributed by atoms with Gasteiger partial charge in [-0.3, -0.25) is 9.78 Å². The van der Waals surface area contributed by atoms with Crippen LogP contribution in [0.2, 0.25) is 0 Å². The second-order valence-corrected chi connectivity index (χ2v) is 7.69. The summed E-state index contributed by atoms with van der Waals surface area (Å²) in [6.45, 7) is 0.684. The van der Waals surface area contributed by atoms with E-state index in [1.807, 2.05) is 0 Å². The van der Waals surface area contributed by atoms with Gasteiger partial charge >= 0.3 is 18.2 Å². The average Bonchev–Trinajstić information content (AvgIpc) is 2.72. The summed E-state index contributed by atoms with van der Waals surface area (Å²) < 4.78 is 37.4. The molecule has 2 amide bonds. The Morgan fingerprint density at radius 3 is 1.87 bits per heavy atom. The molecule has 0 bridgehead atoms. The number of aromatic nitrogens is 1. The second kappa shape index (κ2) is 15.5. The number of unbranched alkanes of at least 4 members (excludes halogenated alkanes) is 10. The Balaban J connectivity index is 1.91. The maximum absolute atomic E-state index is 12.5. The number of nitrogens with one attached hydrogen (secondary N) is 2. The molecule has 0 aliphatic rings. The highest BCUT2D eigenvalue weighted by Gasteiger charge is 2.31. The Kier molecular flexibility index (Phi) is 13.3. The van der Waals surface area contributed by atoms with E-state index in [1.165, 1.54) is 38.2 Å². The molecule has 0 saturated carbocycles. The van der Waals surface area contributed by atoms with Crippen LogP contribution in [-0.4, -0.2) is 28.6 Å². The zero-order chi connectivity index (χ0) is 23.0. The predicted octanol–water partition coefficient (Wildman–Crippen LogP) is 5.67. The first kappa shape index (κ1) is 26.7. The quantitative estimate of drug-likeness (QED) is 0.286. The summed E-state index contributed by atoms with van der Waals surface area (Å²) in [5, 5.41) is 13.9.